The van der Waals surface area contributed by atoms with Crippen LogP contribution in [0.2, 0.25) is 5.02 Å². The van der Waals surface area contributed by atoms with Crippen LogP contribution in [0.25, 0.3) is 0 Å². The first-order valence-corrected chi connectivity index (χ1v) is 4.98. The molecule has 0 saturated carbocycles. The molecule has 82 valence electrons. The molecule has 0 aromatic heterocycles. The van der Waals surface area contributed by atoms with Gasteiger partial charge in [0, 0.05) is 5.02 Å². The second-order valence-corrected chi connectivity index (χ2v) is 3.79. The first-order chi connectivity index (χ1) is 7.00. The number of ether oxygens (including phenoxy) is 1. The Kier molecular flexibility index (Phi) is 4.12. The Bertz CT molecular complexity index is 363. The number of aryl methyl sites for hydroxylation is 1. The Morgan fingerprint density at radius 3 is 2.80 bits per heavy atom. The molecule has 15 heavy (non-hydrogen) atoms. The van der Waals surface area contributed by atoms with Gasteiger partial charge in [-0.2, -0.15) is 0 Å². The molecule has 4 heteroatoms. The van der Waals surface area contributed by atoms with Crippen LogP contribution in [0.4, 0.5) is 0 Å². The number of carbonyl (C=O) groups is 1. The molecule has 3 nitrogen and oxygen atoms in total. The fraction of sp³-hybridized carbons (Fsp3) is 0.364. The zero-order chi connectivity index (χ0) is 11.4. The minimum absolute atomic E-state index is 0.215. The van der Waals surface area contributed by atoms with E-state index in [0.717, 1.165) is 11.1 Å². The quantitative estimate of drug-likeness (QED) is 0.862. The van der Waals surface area contributed by atoms with Gasteiger partial charge in [-0.3, -0.25) is 0 Å². The van der Waals surface area contributed by atoms with Crippen LogP contribution < -0.4 is 0 Å². The van der Waals surface area contributed by atoms with Crippen molar-refractivity contribution in [2.75, 3.05) is 0 Å². The number of halogens is 1. The van der Waals surface area contributed by atoms with E-state index in [0.29, 0.717) is 5.02 Å². The van der Waals surface area contributed by atoms with Crippen LogP contribution in [0, 0.1) is 6.92 Å². The molecular formula is C11H13ClO3. The standard InChI is InChI=1S/C11H13ClO3/c1-7-3-4-9(10(12)5-7)6-15-8(2)11(13)14/h3-5,8H,6H2,1-2H3,(H,13,14)/t8-/m0/s1. The fourth-order valence-electron chi connectivity index (χ4n) is 1.06. The number of carboxylic acid groups (broad SMARTS) is 1. The first-order valence-electron chi connectivity index (χ1n) is 4.60. The van der Waals surface area contributed by atoms with E-state index in [9.17, 15) is 4.79 Å². The minimum atomic E-state index is -0.974. The molecule has 0 saturated heterocycles. The van der Waals surface area contributed by atoms with E-state index in [4.69, 9.17) is 21.4 Å². The molecule has 1 rings (SSSR count). The van der Waals surface area contributed by atoms with E-state index in [1.807, 2.05) is 25.1 Å². The highest BCUT2D eigenvalue weighted by Gasteiger charge is 2.11. The largest absolute Gasteiger partial charge is 0.479 e. The van der Waals surface area contributed by atoms with Gasteiger partial charge in [-0.1, -0.05) is 23.7 Å². The Hall–Kier alpha value is -1.06. The summed E-state index contributed by atoms with van der Waals surface area (Å²) in [6, 6.07) is 5.58. The minimum Gasteiger partial charge on any atom is -0.479 e. The van der Waals surface area contributed by atoms with Crippen molar-refractivity contribution in [1.29, 1.82) is 0 Å². The predicted octanol–water partition coefficient (Wildman–Crippen LogP) is 2.64. The summed E-state index contributed by atoms with van der Waals surface area (Å²) in [4.78, 5) is 10.5. The molecule has 0 aliphatic carbocycles. The summed E-state index contributed by atoms with van der Waals surface area (Å²) in [6.07, 6.45) is -0.817. The van der Waals surface area contributed by atoms with Crippen LogP contribution in [0.3, 0.4) is 0 Å². The van der Waals surface area contributed by atoms with Crippen LogP contribution in [0.5, 0.6) is 0 Å². The van der Waals surface area contributed by atoms with Gasteiger partial charge >= 0.3 is 5.97 Å². The second kappa shape index (κ2) is 5.14. The van der Waals surface area contributed by atoms with E-state index in [1.165, 1.54) is 6.92 Å². The molecule has 0 aliphatic heterocycles. The van der Waals surface area contributed by atoms with E-state index in [1.54, 1.807) is 0 Å². The van der Waals surface area contributed by atoms with Crippen molar-refractivity contribution in [3.8, 4) is 0 Å². The van der Waals surface area contributed by atoms with Crippen LogP contribution in [0.1, 0.15) is 18.1 Å². The van der Waals surface area contributed by atoms with Gasteiger partial charge in [0.2, 0.25) is 0 Å². The lowest BCUT2D eigenvalue weighted by atomic mass is 10.1. The van der Waals surface area contributed by atoms with Gasteiger partial charge in [0.1, 0.15) is 0 Å². The Labute approximate surface area is 93.6 Å². The number of rotatable bonds is 4. The van der Waals surface area contributed by atoms with Crippen molar-refractivity contribution in [3.63, 3.8) is 0 Å². The smallest absolute Gasteiger partial charge is 0.332 e. The van der Waals surface area contributed by atoms with Gasteiger partial charge in [0.25, 0.3) is 0 Å². The van der Waals surface area contributed by atoms with Crippen LogP contribution in [0.15, 0.2) is 18.2 Å². The number of carboxylic acids is 1. The highest BCUT2D eigenvalue weighted by atomic mass is 35.5. The number of benzene rings is 1. The SMILES string of the molecule is Cc1ccc(CO[C@@H](C)C(=O)O)c(Cl)c1. The Morgan fingerprint density at radius 2 is 2.27 bits per heavy atom. The van der Waals surface area contributed by atoms with E-state index >= 15 is 0 Å². The summed E-state index contributed by atoms with van der Waals surface area (Å²) < 4.78 is 5.13. The van der Waals surface area contributed by atoms with Gasteiger partial charge in [-0.15, -0.1) is 0 Å². The average molecular weight is 229 g/mol. The van der Waals surface area contributed by atoms with Gasteiger partial charge in [-0.25, -0.2) is 4.79 Å². The third-order valence-electron chi connectivity index (χ3n) is 2.05. The van der Waals surface area contributed by atoms with Crippen molar-refractivity contribution in [2.24, 2.45) is 0 Å². The Balaban J connectivity index is 2.62. The van der Waals surface area contributed by atoms with Gasteiger partial charge in [0.05, 0.1) is 6.61 Å². The molecule has 0 bridgehead atoms. The monoisotopic (exact) mass is 228 g/mol. The van der Waals surface area contributed by atoms with E-state index < -0.39 is 12.1 Å². The molecule has 0 radical (unpaired) electrons. The summed E-state index contributed by atoms with van der Waals surface area (Å²) in [5, 5.41) is 9.22. The van der Waals surface area contributed by atoms with Crippen molar-refractivity contribution in [3.05, 3.63) is 34.3 Å². The topological polar surface area (TPSA) is 46.5 Å². The maximum Gasteiger partial charge on any atom is 0.332 e. The average Bonchev–Trinajstić information content (AvgIpc) is 2.15. The van der Waals surface area contributed by atoms with Crippen LogP contribution in [-0.4, -0.2) is 17.2 Å². The molecule has 1 N–H and O–H groups in total. The summed E-state index contributed by atoms with van der Waals surface area (Å²) in [5.41, 5.74) is 1.87. The molecule has 0 heterocycles. The maximum atomic E-state index is 10.5. The molecule has 0 aliphatic rings. The van der Waals surface area contributed by atoms with Crippen molar-refractivity contribution in [1.82, 2.24) is 0 Å². The predicted molar refractivity (Wildman–Crippen MR) is 58.1 cm³/mol. The molecule has 0 amide bonds. The summed E-state index contributed by atoms with van der Waals surface area (Å²) in [7, 11) is 0. The normalized spacial score (nSPS) is 12.5. The molecule has 0 fully saturated rings. The number of hydrogen-bond donors (Lipinski definition) is 1. The summed E-state index contributed by atoms with van der Waals surface area (Å²) in [6.45, 7) is 3.65. The molecule has 1 atom stereocenters. The summed E-state index contributed by atoms with van der Waals surface area (Å²) >= 11 is 5.97. The van der Waals surface area contributed by atoms with Gasteiger partial charge < -0.3 is 9.84 Å². The lowest BCUT2D eigenvalue weighted by Crippen LogP contribution is -2.19. The Morgan fingerprint density at radius 1 is 1.60 bits per heavy atom. The second-order valence-electron chi connectivity index (χ2n) is 3.39. The highest BCUT2D eigenvalue weighted by Crippen LogP contribution is 2.18. The summed E-state index contributed by atoms with van der Waals surface area (Å²) in [5.74, 6) is -0.974. The number of aliphatic carboxylic acids is 1. The van der Waals surface area contributed by atoms with Crippen molar-refractivity contribution >= 4 is 17.6 Å². The van der Waals surface area contributed by atoms with Crippen molar-refractivity contribution in [2.45, 2.75) is 26.6 Å². The zero-order valence-corrected chi connectivity index (χ0v) is 9.41. The lowest BCUT2D eigenvalue weighted by molar-refractivity contribution is -0.149. The van der Waals surface area contributed by atoms with Crippen LogP contribution >= 0.6 is 11.6 Å². The number of hydrogen-bond acceptors (Lipinski definition) is 2. The molecular weight excluding hydrogens is 216 g/mol. The molecule has 0 spiro atoms. The highest BCUT2D eigenvalue weighted by molar-refractivity contribution is 6.31. The lowest BCUT2D eigenvalue weighted by Gasteiger charge is -2.09. The fourth-order valence-corrected chi connectivity index (χ4v) is 1.35. The molecule has 0 unspecified atom stereocenters. The van der Waals surface area contributed by atoms with Gasteiger partial charge in [-0.05, 0) is 31.0 Å². The van der Waals surface area contributed by atoms with E-state index in [-0.39, 0.29) is 6.61 Å². The van der Waals surface area contributed by atoms with E-state index in [2.05, 4.69) is 0 Å². The third-order valence-corrected chi connectivity index (χ3v) is 2.40. The van der Waals surface area contributed by atoms with Crippen LogP contribution in [-0.2, 0) is 16.1 Å². The zero-order valence-electron chi connectivity index (χ0n) is 8.66. The molecule has 1 aromatic rings. The maximum absolute atomic E-state index is 10.5. The third kappa shape index (κ3) is 3.53. The molecule has 1 aromatic carbocycles. The first kappa shape index (κ1) is 12.0. The van der Waals surface area contributed by atoms with Gasteiger partial charge in [0.15, 0.2) is 6.10 Å². The van der Waals surface area contributed by atoms with Crippen molar-refractivity contribution < 1.29 is 14.6 Å².